The summed E-state index contributed by atoms with van der Waals surface area (Å²) in [5.41, 5.74) is 25.9. The van der Waals surface area contributed by atoms with E-state index >= 15 is 0 Å². The standard InChI is InChI=1S/2C54H32O2/c1-2-14-33(15-3-1)34-30-31-43(36-17-5-4-16-35(34)36)52-41-22-10-20-37(44-24-12-26-46-39-18-6-8-28-50(39)55-53(44)46)48(41)32-49-38(21-11-23-42(49)52)45-25-13-27-47-40-19-7-9-29-51(40)56-54(45)47;1-2-12-33(13-3-1)38-28-29-47(40-15-5-4-14-39(38)40)54-45-20-10-18-36(34-24-26-43-41-16-6-8-22-50(41)55-52(43)30-34)48(45)32-49-37(19-11-21-46(49)54)35-25-27-44-42-17-7-9-23-51(42)56-53(44)31-35/h2*1-32H. The molecule has 4 nitrogen and oxygen atoms in total. The summed E-state index contributed by atoms with van der Waals surface area (Å²) in [4.78, 5) is 0. The minimum atomic E-state index is 0.893. The molecule has 0 spiro atoms. The van der Waals surface area contributed by atoms with E-state index in [1.54, 1.807) is 0 Å². The second-order valence-electron chi connectivity index (χ2n) is 29.4. The van der Waals surface area contributed by atoms with Gasteiger partial charge in [-0.2, -0.15) is 0 Å². The maximum atomic E-state index is 6.66. The molecular weight excluding hydrogens is 1360 g/mol. The van der Waals surface area contributed by atoms with E-state index in [2.05, 4.69) is 352 Å². The van der Waals surface area contributed by atoms with Crippen molar-refractivity contribution >= 4 is 152 Å². The molecule has 0 unspecified atom stereocenters. The predicted octanol–water partition coefficient (Wildman–Crippen LogP) is 31.2. The first-order chi connectivity index (χ1) is 55.6. The molecular formula is C108H64O4. The van der Waals surface area contributed by atoms with Gasteiger partial charge in [0.2, 0.25) is 0 Å². The van der Waals surface area contributed by atoms with E-state index in [1.165, 1.54) is 120 Å². The Morgan fingerprint density at radius 3 is 0.759 bits per heavy atom. The summed E-state index contributed by atoms with van der Waals surface area (Å²) in [6.45, 7) is 0. The Hall–Kier alpha value is -14.8. The zero-order chi connectivity index (χ0) is 73.5. The third-order valence-corrected chi connectivity index (χ3v) is 23.4. The molecule has 520 valence electrons. The lowest BCUT2D eigenvalue weighted by Crippen LogP contribution is -1.92. The fourth-order valence-corrected chi connectivity index (χ4v) is 18.4. The van der Waals surface area contributed by atoms with Gasteiger partial charge in [-0.15, -0.1) is 0 Å². The number of para-hydroxylation sites is 6. The zero-order valence-corrected chi connectivity index (χ0v) is 60.6. The third kappa shape index (κ3) is 9.95. The average Bonchev–Trinajstić information content (AvgIpc) is 0.874. The van der Waals surface area contributed by atoms with Crippen LogP contribution in [0.5, 0.6) is 0 Å². The molecule has 0 amide bonds. The molecule has 4 heteroatoms. The van der Waals surface area contributed by atoms with Gasteiger partial charge in [0, 0.05) is 54.2 Å². The van der Waals surface area contributed by atoms with Gasteiger partial charge >= 0.3 is 0 Å². The summed E-state index contributed by atoms with van der Waals surface area (Å²) in [6.07, 6.45) is 0. The highest BCUT2D eigenvalue weighted by molar-refractivity contribution is 6.27. The van der Waals surface area contributed by atoms with Crippen LogP contribution in [-0.2, 0) is 0 Å². The largest absolute Gasteiger partial charge is 0.456 e. The monoisotopic (exact) mass is 1420 g/mol. The minimum Gasteiger partial charge on any atom is -0.456 e. The van der Waals surface area contributed by atoms with Crippen LogP contribution in [0.1, 0.15) is 0 Å². The first-order valence-corrected chi connectivity index (χ1v) is 38.3. The second kappa shape index (κ2) is 25.4. The van der Waals surface area contributed by atoms with Crippen molar-refractivity contribution in [2.24, 2.45) is 0 Å². The smallest absolute Gasteiger partial charge is 0.143 e. The van der Waals surface area contributed by atoms with E-state index in [-0.39, 0.29) is 0 Å². The SMILES string of the molecule is c1ccc(-c2ccc(-c3c4cccc(-c5ccc6c(c5)oc5ccccc56)c4cc4c(-c5ccc6c(c5)oc5ccccc56)cccc34)c3ccccc23)cc1.c1ccc(-c2ccc(-c3c4cccc(-c5cccc6c5oc5ccccc56)c4cc4c(-c5cccc6c5oc5ccccc56)cccc34)c3ccccc23)cc1. The lowest BCUT2D eigenvalue weighted by Gasteiger charge is -2.19. The molecule has 0 aliphatic rings. The quantitative estimate of drug-likeness (QED) is 0.142. The summed E-state index contributed by atoms with van der Waals surface area (Å²) < 4.78 is 26.1. The summed E-state index contributed by atoms with van der Waals surface area (Å²) >= 11 is 0. The van der Waals surface area contributed by atoms with Gasteiger partial charge in [0.05, 0.1) is 0 Å². The molecule has 0 saturated heterocycles. The maximum Gasteiger partial charge on any atom is 0.143 e. The molecule has 0 atom stereocenters. The number of hydrogen-bond acceptors (Lipinski definition) is 4. The van der Waals surface area contributed by atoms with E-state index in [0.29, 0.717) is 0 Å². The Balaban J connectivity index is 0.000000134. The number of benzene rings is 20. The van der Waals surface area contributed by atoms with Gasteiger partial charge in [0.25, 0.3) is 0 Å². The molecule has 0 bridgehead atoms. The van der Waals surface area contributed by atoms with Crippen LogP contribution in [0, 0.1) is 0 Å². The van der Waals surface area contributed by atoms with Crippen molar-refractivity contribution in [3.8, 4) is 89.0 Å². The fraction of sp³-hybridized carbons (Fsp3) is 0. The zero-order valence-electron chi connectivity index (χ0n) is 60.6. The Kier molecular flexibility index (Phi) is 14.3. The van der Waals surface area contributed by atoms with E-state index in [4.69, 9.17) is 17.7 Å². The van der Waals surface area contributed by atoms with Crippen molar-refractivity contribution in [3.05, 3.63) is 388 Å². The number of furan rings is 4. The minimum absolute atomic E-state index is 0.893. The molecule has 4 aromatic heterocycles. The van der Waals surface area contributed by atoms with Crippen LogP contribution in [0.15, 0.2) is 406 Å². The van der Waals surface area contributed by atoms with Crippen molar-refractivity contribution in [2.75, 3.05) is 0 Å². The van der Waals surface area contributed by atoms with E-state index in [9.17, 15) is 0 Å². The number of hydrogen-bond donors (Lipinski definition) is 0. The van der Waals surface area contributed by atoms with Crippen molar-refractivity contribution in [1.82, 2.24) is 0 Å². The van der Waals surface area contributed by atoms with Crippen LogP contribution >= 0.6 is 0 Å². The highest BCUT2D eigenvalue weighted by Gasteiger charge is 2.25. The van der Waals surface area contributed by atoms with Gasteiger partial charge in [-0.3, -0.25) is 0 Å². The molecule has 20 aromatic carbocycles. The lowest BCUT2D eigenvalue weighted by molar-refractivity contribution is 0.668. The van der Waals surface area contributed by atoms with Gasteiger partial charge < -0.3 is 17.7 Å². The summed E-state index contributed by atoms with van der Waals surface area (Å²) in [5.74, 6) is 0. The van der Waals surface area contributed by atoms with Crippen LogP contribution in [0.4, 0.5) is 0 Å². The molecule has 112 heavy (non-hydrogen) atoms. The molecule has 0 radical (unpaired) electrons. The van der Waals surface area contributed by atoms with Crippen LogP contribution in [-0.4, -0.2) is 0 Å². The Morgan fingerprint density at radius 1 is 0.116 bits per heavy atom. The highest BCUT2D eigenvalue weighted by Crippen LogP contribution is 2.51. The van der Waals surface area contributed by atoms with Crippen molar-refractivity contribution < 1.29 is 17.7 Å². The Bertz CT molecular complexity index is 7660. The van der Waals surface area contributed by atoms with Gasteiger partial charge in [-0.25, -0.2) is 0 Å². The molecule has 0 aliphatic heterocycles. The number of fused-ring (bicyclic) bond motifs is 18. The normalized spacial score (nSPS) is 11.9. The van der Waals surface area contributed by atoms with Crippen LogP contribution in [0.2, 0.25) is 0 Å². The van der Waals surface area contributed by atoms with Crippen molar-refractivity contribution in [2.45, 2.75) is 0 Å². The number of rotatable bonds is 8. The first-order valence-electron chi connectivity index (χ1n) is 38.3. The molecule has 0 fully saturated rings. The molecule has 4 heterocycles. The van der Waals surface area contributed by atoms with Gasteiger partial charge in [0.1, 0.15) is 44.7 Å². The summed E-state index contributed by atoms with van der Waals surface area (Å²) in [5, 5.41) is 23.5. The fourth-order valence-electron chi connectivity index (χ4n) is 18.4. The van der Waals surface area contributed by atoms with E-state index in [1.807, 2.05) is 36.4 Å². The first kappa shape index (κ1) is 63.3. The molecule has 24 rings (SSSR count). The lowest BCUT2D eigenvalue weighted by atomic mass is 9.84. The van der Waals surface area contributed by atoms with E-state index in [0.717, 1.165) is 121 Å². The summed E-state index contributed by atoms with van der Waals surface area (Å²) in [7, 11) is 0. The van der Waals surface area contributed by atoms with Gasteiger partial charge in [-0.05, 0) is 203 Å². The van der Waals surface area contributed by atoms with Crippen LogP contribution in [0.3, 0.4) is 0 Å². The topological polar surface area (TPSA) is 52.6 Å². The summed E-state index contributed by atoms with van der Waals surface area (Å²) in [6, 6.07) is 140. The average molecular weight is 1430 g/mol. The predicted molar refractivity (Wildman–Crippen MR) is 471 cm³/mol. The van der Waals surface area contributed by atoms with Crippen LogP contribution in [0.25, 0.3) is 241 Å². The van der Waals surface area contributed by atoms with Gasteiger partial charge in [-0.1, -0.05) is 328 Å². The molecule has 0 saturated carbocycles. The van der Waals surface area contributed by atoms with E-state index < -0.39 is 0 Å². The Labute approximate surface area is 643 Å². The third-order valence-electron chi connectivity index (χ3n) is 23.4. The Morgan fingerprint density at radius 2 is 0.375 bits per heavy atom. The molecule has 0 aliphatic carbocycles. The van der Waals surface area contributed by atoms with Gasteiger partial charge in [0.15, 0.2) is 0 Å². The second-order valence-corrected chi connectivity index (χ2v) is 29.4. The molecule has 0 N–H and O–H groups in total. The van der Waals surface area contributed by atoms with Crippen LogP contribution < -0.4 is 0 Å². The highest BCUT2D eigenvalue weighted by atomic mass is 16.3. The maximum absolute atomic E-state index is 6.66. The van der Waals surface area contributed by atoms with Crippen molar-refractivity contribution in [1.29, 1.82) is 0 Å². The van der Waals surface area contributed by atoms with Crippen molar-refractivity contribution in [3.63, 3.8) is 0 Å². The molecule has 24 aromatic rings.